The van der Waals surface area contributed by atoms with Crippen LogP contribution in [0.5, 0.6) is 0 Å². The molecule has 2 fully saturated rings. The average Bonchev–Trinajstić information content (AvgIpc) is 3.42. The van der Waals surface area contributed by atoms with Crippen molar-refractivity contribution in [1.29, 1.82) is 0 Å². The Morgan fingerprint density at radius 1 is 1.03 bits per heavy atom. The summed E-state index contributed by atoms with van der Waals surface area (Å²) in [5, 5.41) is 0. The van der Waals surface area contributed by atoms with Crippen LogP contribution < -0.4 is 10.5 Å². The molecule has 0 saturated carbocycles. The van der Waals surface area contributed by atoms with Crippen molar-refractivity contribution in [2.75, 3.05) is 31.1 Å². The van der Waals surface area contributed by atoms with E-state index < -0.39 is 11.7 Å². The van der Waals surface area contributed by atoms with Gasteiger partial charge in [0.05, 0.1) is 22.6 Å². The van der Waals surface area contributed by atoms with Gasteiger partial charge in [0, 0.05) is 55.9 Å². The molecule has 4 aromatic rings. The second-order valence-corrected chi connectivity index (χ2v) is 9.13. The minimum atomic E-state index is -4.58. The van der Waals surface area contributed by atoms with E-state index >= 15 is 0 Å². The van der Waals surface area contributed by atoms with Gasteiger partial charge in [0.1, 0.15) is 11.3 Å². The van der Waals surface area contributed by atoms with Gasteiger partial charge in [-0.05, 0) is 44.5 Å². The maximum Gasteiger partial charge on any atom is 0.420 e. The maximum atomic E-state index is 13.7. The number of fused-ring (bicyclic) bond motifs is 3. The molecule has 4 aromatic heterocycles. The molecular weight excluding hydrogens is 445 g/mol. The Bertz CT molecular complexity index is 1470. The fourth-order valence-electron chi connectivity index (χ4n) is 5.22. The number of hydrogen-bond acceptors (Lipinski definition) is 5. The third kappa shape index (κ3) is 3.53. The van der Waals surface area contributed by atoms with E-state index in [2.05, 4.69) is 19.8 Å². The molecule has 176 valence electrons. The molecule has 34 heavy (non-hydrogen) atoms. The van der Waals surface area contributed by atoms with Gasteiger partial charge in [-0.2, -0.15) is 13.2 Å². The topological polar surface area (TPSA) is 58.2 Å². The largest absolute Gasteiger partial charge is 0.420 e. The van der Waals surface area contributed by atoms with Gasteiger partial charge in [0.25, 0.3) is 5.56 Å². The first-order chi connectivity index (χ1) is 16.3. The number of imidazole rings is 1. The number of anilines is 1. The molecule has 6 rings (SSSR count). The van der Waals surface area contributed by atoms with Crippen LogP contribution in [0.2, 0.25) is 0 Å². The molecule has 0 bridgehead atoms. The van der Waals surface area contributed by atoms with E-state index in [-0.39, 0.29) is 22.5 Å². The van der Waals surface area contributed by atoms with Gasteiger partial charge in [-0.3, -0.25) is 14.1 Å². The van der Waals surface area contributed by atoms with Crippen LogP contribution in [0.25, 0.3) is 22.6 Å². The van der Waals surface area contributed by atoms with Gasteiger partial charge < -0.3 is 9.30 Å². The van der Waals surface area contributed by atoms with Gasteiger partial charge in [-0.25, -0.2) is 9.97 Å². The van der Waals surface area contributed by atoms with Crippen molar-refractivity contribution in [3.05, 3.63) is 64.5 Å². The van der Waals surface area contributed by atoms with Crippen LogP contribution in [-0.4, -0.2) is 55.9 Å². The number of hydrogen-bond donors (Lipinski definition) is 0. The Morgan fingerprint density at radius 3 is 2.71 bits per heavy atom. The van der Waals surface area contributed by atoms with Crippen molar-refractivity contribution in [1.82, 2.24) is 23.7 Å². The van der Waals surface area contributed by atoms with Crippen LogP contribution in [0.15, 0.2) is 47.7 Å². The van der Waals surface area contributed by atoms with E-state index in [1.807, 2.05) is 6.07 Å². The summed E-state index contributed by atoms with van der Waals surface area (Å²) in [6, 6.07) is 6.53. The summed E-state index contributed by atoms with van der Waals surface area (Å²) in [4.78, 5) is 26.3. The normalized spacial score (nSPS) is 19.3. The zero-order valence-electron chi connectivity index (χ0n) is 18.6. The third-order valence-corrected chi connectivity index (χ3v) is 6.87. The Hall–Kier alpha value is -3.40. The van der Waals surface area contributed by atoms with Crippen LogP contribution in [0.3, 0.4) is 0 Å². The molecule has 2 saturated heterocycles. The van der Waals surface area contributed by atoms with Crippen LogP contribution in [0.1, 0.15) is 24.1 Å². The lowest BCUT2D eigenvalue weighted by Crippen LogP contribution is -2.50. The number of piperazine rings is 1. The summed E-state index contributed by atoms with van der Waals surface area (Å²) >= 11 is 0. The standard InChI is InChI=1S/C24H23F3N6O/c1-15-11-32-12-16(9-19(23(32)28-15)24(25,26)27)20-10-22(34)33-14-18(4-5-21(33)29-20)31-8-7-30-6-2-3-17(30)13-31/h4-5,9-12,14,17H,2-3,6-8,13H2,1H3/t17-/m0/s1. The first-order valence-corrected chi connectivity index (χ1v) is 11.4. The lowest BCUT2D eigenvalue weighted by atomic mass is 10.1. The molecule has 0 unspecified atom stereocenters. The van der Waals surface area contributed by atoms with E-state index in [0.29, 0.717) is 17.4 Å². The maximum absolute atomic E-state index is 13.7. The van der Waals surface area contributed by atoms with Gasteiger partial charge in [0.2, 0.25) is 0 Å². The van der Waals surface area contributed by atoms with Gasteiger partial charge >= 0.3 is 6.18 Å². The minimum Gasteiger partial charge on any atom is -0.367 e. The highest BCUT2D eigenvalue weighted by Crippen LogP contribution is 2.35. The van der Waals surface area contributed by atoms with Crippen molar-refractivity contribution in [2.24, 2.45) is 0 Å². The predicted molar refractivity (Wildman–Crippen MR) is 122 cm³/mol. The molecule has 0 radical (unpaired) electrons. The fraction of sp³-hybridized carbons (Fsp3) is 0.375. The molecule has 1 atom stereocenters. The lowest BCUT2D eigenvalue weighted by Gasteiger charge is -2.38. The Labute approximate surface area is 193 Å². The zero-order valence-corrected chi connectivity index (χ0v) is 18.6. The van der Waals surface area contributed by atoms with Crippen molar-refractivity contribution in [3.8, 4) is 11.3 Å². The summed E-state index contributed by atoms with van der Waals surface area (Å²) in [5.74, 6) is 0. The number of pyridine rings is 2. The van der Waals surface area contributed by atoms with Crippen LogP contribution in [0, 0.1) is 6.92 Å². The minimum absolute atomic E-state index is 0.168. The summed E-state index contributed by atoms with van der Waals surface area (Å²) in [6.07, 6.45) is 2.66. The van der Waals surface area contributed by atoms with E-state index in [1.54, 1.807) is 19.2 Å². The smallest absolute Gasteiger partial charge is 0.367 e. The highest BCUT2D eigenvalue weighted by molar-refractivity contribution is 5.67. The van der Waals surface area contributed by atoms with Gasteiger partial charge in [-0.1, -0.05) is 0 Å². The van der Waals surface area contributed by atoms with Gasteiger partial charge in [0.15, 0.2) is 0 Å². The molecule has 10 heteroatoms. The fourth-order valence-corrected chi connectivity index (χ4v) is 5.22. The molecule has 7 nitrogen and oxygen atoms in total. The molecule has 0 aromatic carbocycles. The van der Waals surface area contributed by atoms with Crippen LogP contribution in [-0.2, 0) is 6.18 Å². The predicted octanol–water partition coefficient (Wildman–Crippen LogP) is 3.62. The number of aryl methyl sites for hydroxylation is 1. The van der Waals surface area contributed by atoms with E-state index in [9.17, 15) is 18.0 Å². The SMILES string of the molecule is Cc1cn2cc(-c3cc(=O)n4cc(N5CCN6CCC[C@H]6C5)ccc4n3)cc(C(F)(F)F)c2n1. The van der Waals surface area contributed by atoms with E-state index in [1.165, 1.54) is 40.1 Å². The summed E-state index contributed by atoms with van der Waals surface area (Å²) in [6.45, 7) is 5.62. The third-order valence-electron chi connectivity index (χ3n) is 6.87. The molecule has 0 spiro atoms. The molecule has 0 N–H and O–H groups in total. The monoisotopic (exact) mass is 468 g/mol. The average molecular weight is 468 g/mol. The van der Waals surface area contributed by atoms with Crippen molar-refractivity contribution < 1.29 is 13.2 Å². The van der Waals surface area contributed by atoms with Crippen molar-refractivity contribution >= 4 is 17.0 Å². The summed E-state index contributed by atoms with van der Waals surface area (Å²) < 4.78 is 43.9. The second kappa shape index (κ2) is 7.56. The number of aromatic nitrogens is 4. The van der Waals surface area contributed by atoms with Gasteiger partial charge in [-0.15, -0.1) is 0 Å². The molecule has 2 aliphatic heterocycles. The number of alkyl halides is 3. The highest BCUT2D eigenvalue weighted by Gasteiger charge is 2.35. The quantitative estimate of drug-likeness (QED) is 0.450. The number of halogens is 3. The number of nitrogens with zero attached hydrogens (tertiary/aromatic N) is 6. The summed E-state index contributed by atoms with van der Waals surface area (Å²) in [7, 11) is 0. The second-order valence-electron chi connectivity index (χ2n) is 9.13. The molecule has 2 aliphatic rings. The Morgan fingerprint density at radius 2 is 1.88 bits per heavy atom. The summed E-state index contributed by atoms with van der Waals surface area (Å²) in [5.41, 5.74) is 0.845. The van der Waals surface area contributed by atoms with E-state index in [0.717, 1.165) is 37.9 Å². The van der Waals surface area contributed by atoms with Crippen molar-refractivity contribution in [2.45, 2.75) is 32.0 Å². The van der Waals surface area contributed by atoms with Crippen LogP contribution in [0.4, 0.5) is 18.9 Å². The molecular formula is C24H23F3N6O. The molecule has 0 aliphatic carbocycles. The lowest BCUT2D eigenvalue weighted by molar-refractivity contribution is -0.136. The zero-order chi connectivity index (χ0) is 23.6. The Kier molecular flexibility index (Phi) is 4.70. The first kappa shape index (κ1) is 21.2. The van der Waals surface area contributed by atoms with Crippen molar-refractivity contribution in [3.63, 3.8) is 0 Å². The van der Waals surface area contributed by atoms with E-state index in [4.69, 9.17) is 0 Å². The molecule has 0 amide bonds. The molecule has 6 heterocycles. The number of rotatable bonds is 2. The first-order valence-electron chi connectivity index (χ1n) is 11.4. The van der Waals surface area contributed by atoms with Crippen LogP contribution >= 0.6 is 0 Å². The Balaban J connectivity index is 1.40. The highest BCUT2D eigenvalue weighted by atomic mass is 19.4.